The molecule has 1 saturated carbocycles. The largest absolute Gasteiger partial charge is 0.418 e. The normalized spacial score (nSPS) is 20.2. The number of fused-ring (bicyclic) bond motifs is 1. The molecule has 0 saturated heterocycles. The zero-order valence-electron chi connectivity index (χ0n) is 17.6. The molecule has 3 nitrogen and oxygen atoms in total. The van der Waals surface area contributed by atoms with Crippen LogP contribution in [-0.4, -0.2) is 10.9 Å². The number of pyridine rings is 1. The number of amides is 1. The number of rotatable bonds is 4. The Morgan fingerprint density at radius 2 is 1.75 bits per heavy atom. The van der Waals surface area contributed by atoms with Gasteiger partial charge in [0, 0.05) is 28.2 Å². The molecule has 1 heterocycles. The van der Waals surface area contributed by atoms with Gasteiger partial charge in [-0.2, -0.15) is 13.2 Å². The van der Waals surface area contributed by atoms with Crippen LogP contribution in [0.1, 0.15) is 49.7 Å². The second-order valence-corrected chi connectivity index (χ2v) is 8.93. The summed E-state index contributed by atoms with van der Waals surface area (Å²) in [5.74, 6) is 0.210. The number of aromatic nitrogens is 1. The number of alkyl halides is 3. The summed E-state index contributed by atoms with van der Waals surface area (Å²) in [6, 6.07) is 13.1. The van der Waals surface area contributed by atoms with Crippen molar-refractivity contribution in [2.24, 2.45) is 11.8 Å². The van der Waals surface area contributed by atoms with E-state index in [2.05, 4.69) is 10.3 Å². The van der Waals surface area contributed by atoms with E-state index in [1.807, 2.05) is 13.0 Å². The lowest BCUT2D eigenvalue weighted by atomic mass is 9.73. The quantitative estimate of drug-likeness (QED) is 0.439. The second kappa shape index (κ2) is 9.10. The van der Waals surface area contributed by atoms with Gasteiger partial charge in [0.15, 0.2) is 0 Å². The van der Waals surface area contributed by atoms with Crippen molar-refractivity contribution in [1.29, 1.82) is 0 Å². The first-order valence-electron chi connectivity index (χ1n) is 10.8. The first kappa shape index (κ1) is 22.6. The Morgan fingerprint density at radius 3 is 2.41 bits per heavy atom. The van der Waals surface area contributed by atoms with Crippen LogP contribution < -0.4 is 5.32 Å². The minimum Gasteiger partial charge on any atom is -0.326 e. The molecule has 3 aromatic rings. The van der Waals surface area contributed by atoms with Crippen molar-refractivity contribution in [3.8, 4) is 0 Å². The lowest BCUT2D eigenvalue weighted by Crippen LogP contribution is -2.29. The Balaban J connectivity index is 1.45. The maximum absolute atomic E-state index is 13.4. The van der Waals surface area contributed by atoms with E-state index in [1.54, 1.807) is 30.3 Å². The van der Waals surface area contributed by atoms with Crippen LogP contribution in [0.25, 0.3) is 10.9 Å². The van der Waals surface area contributed by atoms with Crippen LogP contribution in [0.3, 0.4) is 0 Å². The molecule has 1 aromatic heterocycles. The minimum absolute atomic E-state index is 0.00957. The molecule has 1 unspecified atom stereocenters. The highest BCUT2D eigenvalue weighted by Gasteiger charge is 2.34. The second-order valence-electron chi connectivity index (χ2n) is 8.50. The van der Waals surface area contributed by atoms with Crippen LogP contribution in [0, 0.1) is 11.8 Å². The Kier molecular flexibility index (Phi) is 6.42. The average molecular weight is 461 g/mol. The molecule has 1 aliphatic rings. The fourth-order valence-corrected chi connectivity index (χ4v) is 4.84. The van der Waals surface area contributed by atoms with Crippen molar-refractivity contribution in [1.82, 2.24) is 4.98 Å². The van der Waals surface area contributed by atoms with Crippen LogP contribution in [0.15, 0.2) is 54.7 Å². The van der Waals surface area contributed by atoms with Crippen molar-refractivity contribution in [2.45, 2.75) is 44.7 Å². The molecule has 1 fully saturated rings. The third-order valence-corrected chi connectivity index (χ3v) is 6.81. The third-order valence-electron chi connectivity index (χ3n) is 6.55. The van der Waals surface area contributed by atoms with Gasteiger partial charge in [-0.3, -0.25) is 9.78 Å². The average Bonchev–Trinajstić information content (AvgIpc) is 2.78. The number of para-hydroxylation sites is 1. The summed E-state index contributed by atoms with van der Waals surface area (Å²) in [5, 5.41) is 4.12. The Labute approximate surface area is 190 Å². The number of anilines is 1. The Hall–Kier alpha value is -2.60. The van der Waals surface area contributed by atoms with E-state index in [9.17, 15) is 18.0 Å². The molecule has 168 valence electrons. The molecule has 2 aromatic carbocycles. The van der Waals surface area contributed by atoms with Crippen molar-refractivity contribution in [3.63, 3.8) is 0 Å². The van der Waals surface area contributed by atoms with E-state index in [0.717, 1.165) is 37.3 Å². The van der Waals surface area contributed by atoms with Gasteiger partial charge < -0.3 is 5.32 Å². The van der Waals surface area contributed by atoms with Crippen molar-refractivity contribution in [3.05, 3.63) is 70.9 Å². The predicted molar refractivity (Wildman–Crippen MR) is 121 cm³/mol. The van der Waals surface area contributed by atoms with Gasteiger partial charge in [-0.05, 0) is 79.5 Å². The van der Waals surface area contributed by atoms with E-state index in [4.69, 9.17) is 11.6 Å². The number of nitrogens with zero attached hydrogens (tertiary/aromatic N) is 1. The molecule has 0 aliphatic heterocycles. The van der Waals surface area contributed by atoms with E-state index in [1.165, 1.54) is 12.3 Å². The summed E-state index contributed by atoms with van der Waals surface area (Å²) in [6.45, 7) is 1.94. The number of carbonyl (C=O) groups is 1. The number of benzene rings is 2. The summed E-state index contributed by atoms with van der Waals surface area (Å²) in [7, 11) is 0. The number of hydrogen-bond donors (Lipinski definition) is 1. The maximum atomic E-state index is 13.4. The number of hydrogen-bond acceptors (Lipinski definition) is 2. The fraction of sp³-hybridized carbons (Fsp3) is 0.360. The van der Waals surface area contributed by atoms with Crippen molar-refractivity contribution in [2.75, 3.05) is 5.32 Å². The Bertz CT molecular complexity index is 1110. The van der Waals surface area contributed by atoms with E-state index in [-0.39, 0.29) is 29.2 Å². The molecule has 32 heavy (non-hydrogen) atoms. The van der Waals surface area contributed by atoms with Gasteiger partial charge in [0.2, 0.25) is 5.91 Å². The predicted octanol–water partition coefficient (Wildman–Crippen LogP) is 7.46. The smallest absolute Gasteiger partial charge is 0.326 e. The van der Waals surface area contributed by atoms with Crippen LogP contribution >= 0.6 is 11.6 Å². The molecular formula is C25H24ClF3N2O. The lowest BCUT2D eigenvalue weighted by molar-refractivity contribution is -0.136. The van der Waals surface area contributed by atoms with Crippen LogP contribution in [-0.2, 0) is 11.0 Å². The summed E-state index contributed by atoms with van der Waals surface area (Å²) in [5.41, 5.74) is 0.940. The van der Waals surface area contributed by atoms with Gasteiger partial charge in [0.25, 0.3) is 0 Å². The highest BCUT2D eigenvalue weighted by atomic mass is 35.5. The van der Waals surface area contributed by atoms with E-state index in [0.29, 0.717) is 16.1 Å². The van der Waals surface area contributed by atoms with Gasteiger partial charge in [0.1, 0.15) is 0 Å². The number of nitrogens with one attached hydrogen (secondary N) is 1. The number of halogens is 4. The van der Waals surface area contributed by atoms with Crippen LogP contribution in [0.2, 0.25) is 5.02 Å². The summed E-state index contributed by atoms with van der Waals surface area (Å²) in [4.78, 5) is 16.7. The highest BCUT2D eigenvalue weighted by Crippen LogP contribution is 2.42. The summed E-state index contributed by atoms with van der Waals surface area (Å²) in [6.07, 6.45) is 0.402. The van der Waals surface area contributed by atoms with Crippen LogP contribution in [0.5, 0.6) is 0 Å². The molecule has 0 bridgehead atoms. The molecule has 1 aliphatic carbocycles. The van der Waals surface area contributed by atoms with E-state index < -0.39 is 11.7 Å². The van der Waals surface area contributed by atoms with Crippen LogP contribution in [0.4, 0.5) is 18.9 Å². The molecule has 0 radical (unpaired) electrons. The van der Waals surface area contributed by atoms with Gasteiger partial charge in [-0.25, -0.2) is 0 Å². The monoisotopic (exact) mass is 460 g/mol. The first-order valence-corrected chi connectivity index (χ1v) is 11.1. The zero-order chi connectivity index (χ0) is 22.9. The van der Waals surface area contributed by atoms with Gasteiger partial charge in [-0.1, -0.05) is 30.7 Å². The molecule has 1 amide bonds. The summed E-state index contributed by atoms with van der Waals surface area (Å²) < 4.78 is 40.2. The van der Waals surface area contributed by atoms with Crippen molar-refractivity contribution >= 4 is 34.1 Å². The van der Waals surface area contributed by atoms with Crippen molar-refractivity contribution < 1.29 is 18.0 Å². The molecule has 1 atom stereocenters. The lowest BCUT2D eigenvalue weighted by Gasteiger charge is -2.32. The SMILES string of the molecule is CC(C(=O)Nc1ccc(Cl)cc1)C1CCC(c2ccnc3c(C(F)(F)F)cccc23)CC1. The van der Waals surface area contributed by atoms with Gasteiger partial charge in [0.05, 0.1) is 11.1 Å². The standard InChI is InChI=1S/C25H24ClF3N2O/c1-15(24(32)31-19-11-9-18(26)10-12-19)16-5-7-17(8-6-16)20-13-14-30-23-21(20)3-2-4-22(23)25(27,28)29/h2-4,9-17H,5-8H2,1H3,(H,31,32). The molecule has 1 N–H and O–H groups in total. The summed E-state index contributed by atoms with van der Waals surface area (Å²) >= 11 is 5.89. The topological polar surface area (TPSA) is 42.0 Å². The third kappa shape index (κ3) is 4.75. The van der Waals surface area contributed by atoms with Gasteiger partial charge in [-0.15, -0.1) is 0 Å². The molecule has 7 heteroatoms. The molecular weight excluding hydrogens is 437 g/mol. The van der Waals surface area contributed by atoms with E-state index >= 15 is 0 Å². The first-order chi connectivity index (χ1) is 15.2. The number of carbonyl (C=O) groups excluding carboxylic acids is 1. The fourth-order valence-electron chi connectivity index (χ4n) is 4.72. The zero-order valence-corrected chi connectivity index (χ0v) is 18.4. The highest BCUT2D eigenvalue weighted by molar-refractivity contribution is 6.30. The molecule has 4 rings (SSSR count). The minimum atomic E-state index is -4.43. The molecule has 0 spiro atoms. The Morgan fingerprint density at radius 1 is 1.06 bits per heavy atom. The van der Waals surface area contributed by atoms with Gasteiger partial charge >= 0.3 is 6.18 Å². The maximum Gasteiger partial charge on any atom is 0.418 e.